The summed E-state index contributed by atoms with van der Waals surface area (Å²) in [4.78, 5) is 0. The first-order valence-corrected chi connectivity index (χ1v) is 7.63. The molecule has 1 aromatic rings. The van der Waals surface area contributed by atoms with Crippen molar-refractivity contribution < 1.29 is 14.6 Å². The summed E-state index contributed by atoms with van der Waals surface area (Å²) in [5, 5.41) is 13.3. The molecule has 1 heterocycles. The second-order valence-electron chi connectivity index (χ2n) is 5.28. The Kier molecular flexibility index (Phi) is 5.99. The molecule has 0 radical (unpaired) electrons. The van der Waals surface area contributed by atoms with Gasteiger partial charge in [0.2, 0.25) is 6.79 Å². The van der Waals surface area contributed by atoms with Crippen LogP contribution in [0.4, 0.5) is 0 Å². The molecule has 0 fully saturated rings. The molecule has 2 N–H and O–H groups in total. The van der Waals surface area contributed by atoms with Crippen molar-refractivity contribution in [1.82, 2.24) is 5.32 Å². The van der Waals surface area contributed by atoms with E-state index in [2.05, 4.69) is 12.2 Å². The van der Waals surface area contributed by atoms with Crippen molar-refractivity contribution in [1.29, 1.82) is 0 Å². The van der Waals surface area contributed by atoms with Crippen molar-refractivity contribution in [3.05, 3.63) is 17.7 Å². The highest BCUT2D eigenvalue weighted by Gasteiger charge is 2.16. The van der Waals surface area contributed by atoms with Crippen LogP contribution in [0.1, 0.15) is 51.0 Å². The molecule has 20 heavy (non-hydrogen) atoms. The molecule has 0 aromatic heterocycles. The van der Waals surface area contributed by atoms with Gasteiger partial charge in [-0.2, -0.15) is 0 Å². The summed E-state index contributed by atoms with van der Waals surface area (Å²) < 4.78 is 10.5. The molecule has 2 rings (SSSR count). The predicted molar refractivity (Wildman–Crippen MR) is 79.3 cm³/mol. The van der Waals surface area contributed by atoms with E-state index in [0.717, 1.165) is 17.9 Å². The van der Waals surface area contributed by atoms with Crippen molar-refractivity contribution in [3.8, 4) is 17.2 Å². The Morgan fingerprint density at radius 2 is 1.75 bits per heavy atom. The van der Waals surface area contributed by atoms with Gasteiger partial charge in [-0.15, -0.1) is 0 Å². The third-order valence-electron chi connectivity index (χ3n) is 3.60. The minimum absolute atomic E-state index is 0.239. The molecule has 0 saturated heterocycles. The molecule has 0 amide bonds. The summed E-state index contributed by atoms with van der Waals surface area (Å²) in [7, 11) is 0. The molecular weight excluding hydrogens is 254 g/mol. The molecule has 112 valence electrons. The zero-order valence-electron chi connectivity index (χ0n) is 12.3. The van der Waals surface area contributed by atoms with Gasteiger partial charge in [0.1, 0.15) is 5.75 Å². The Bertz CT molecular complexity index is 420. The number of aromatic hydroxyl groups is 1. The Morgan fingerprint density at radius 1 is 1.05 bits per heavy atom. The first kappa shape index (κ1) is 15.0. The molecule has 1 aliphatic rings. The fourth-order valence-electron chi connectivity index (χ4n) is 2.37. The number of rotatable bonds is 9. The van der Waals surface area contributed by atoms with E-state index >= 15 is 0 Å². The lowest BCUT2D eigenvalue weighted by molar-refractivity contribution is 0.174. The Balaban J connectivity index is 1.64. The lowest BCUT2D eigenvalue weighted by Gasteiger charge is -2.08. The van der Waals surface area contributed by atoms with Crippen molar-refractivity contribution in [2.45, 2.75) is 52.0 Å². The van der Waals surface area contributed by atoms with Gasteiger partial charge in [-0.3, -0.25) is 0 Å². The van der Waals surface area contributed by atoms with Gasteiger partial charge in [-0.25, -0.2) is 0 Å². The monoisotopic (exact) mass is 279 g/mol. The van der Waals surface area contributed by atoms with Crippen LogP contribution in [0.5, 0.6) is 17.2 Å². The number of unbranched alkanes of at least 4 members (excludes halogenated alkanes) is 5. The summed E-state index contributed by atoms with van der Waals surface area (Å²) in [5.41, 5.74) is 0.861. The minimum atomic E-state index is 0.239. The molecule has 0 aliphatic carbocycles. The standard InChI is InChI=1S/C16H25NO3/c1-2-3-4-5-6-7-8-17-11-13-9-15-16(10-14(13)18)20-12-19-15/h9-10,17-18H,2-8,11-12H2,1H3. The van der Waals surface area contributed by atoms with Gasteiger partial charge >= 0.3 is 0 Å². The van der Waals surface area contributed by atoms with Gasteiger partial charge in [-0.1, -0.05) is 39.0 Å². The predicted octanol–water partition coefficient (Wildman–Crippen LogP) is 3.57. The van der Waals surface area contributed by atoms with Crippen molar-refractivity contribution >= 4 is 0 Å². The maximum absolute atomic E-state index is 9.90. The van der Waals surface area contributed by atoms with Crippen LogP contribution >= 0.6 is 0 Å². The molecule has 0 spiro atoms. The molecule has 0 atom stereocenters. The van der Waals surface area contributed by atoms with Gasteiger partial charge < -0.3 is 19.9 Å². The van der Waals surface area contributed by atoms with Crippen LogP contribution in [-0.4, -0.2) is 18.4 Å². The van der Waals surface area contributed by atoms with Gasteiger partial charge in [-0.05, 0) is 19.0 Å². The first-order valence-electron chi connectivity index (χ1n) is 7.63. The first-order chi connectivity index (χ1) is 9.81. The van der Waals surface area contributed by atoms with Crippen LogP contribution < -0.4 is 14.8 Å². The third-order valence-corrected chi connectivity index (χ3v) is 3.60. The highest BCUT2D eigenvalue weighted by molar-refractivity contribution is 5.51. The lowest BCUT2D eigenvalue weighted by Crippen LogP contribution is -2.14. The zero-order chi connectivity index (χ0) is 14.2. The molecule has 0 unspecified atom stereocenters. The molecular formula is C16H25NO3. The van der Waals surface area contributed by atoms with Crippen LogP contribution in [0.2, 0.25) is 0 Å². The average Bonchev–Trinajstić information content (AvgIpc) is 2.88. The maximum Gasteiger partial charge on any atom is 0.231 e. The number of fused-ring (bicyclic) bond motifs is 1. The second-order valence-corrected chi connectivity index (χ2v) is 5.28. The van der Waals surface area contributed by atoms with Gasteiger partial charge in [0.15, 0.2) is 11.5 Å². The molecule has 0 bridgehead atoms. The van der Waals surface area contributed by atoms with Crippen molar-refractivity contribution in [2.24, 2.45) is 0 Å². The summed E-state index contributed by atoms with van der Waals surface area (Å²) in [6, 6.07) is 3.48. The highest BCUT2D eigenvalue weighted by atomic mass is 16.7. The summed E-state index contributed by atoms with van der Waals surface area (Å²) >= 11 is 0. The van der Waals surface area contributed by atoms with Crippen LogP contribution in [0.3, 0.4) is 0 Å². The van der Waals surface area contributed by atoms with Crippen molar-refractivity contribution in [3.63, 3.8) is 0 Å². The van der Waals surface area contributed by atoms with E-state index in [-0.39, 0.29) is 12.5 Å². The lowest BCUT2D eigenvalue weighted by atomic mass is 10.1. The van der Waals surface area contributed by atoms with Crippen LogP contribution in [0.25, 0.3) is 0 Å². The molecule has 0 saturated carbocycles. The highest BCUT2D eigenvalue weighted by Crippen LogP contribution is 2.37. The number of phenolic OH excluding ortho intramolecular Hbond substituents is 1. The van der Waals surface area contributed by atoms with E-state index in [4.69, 9.17) is 9.47 Å². The number of nitrogens with one attached hydrogen (secondary N) is 1. The SMILES string of the molecule is CCCCCCCCNCc1cc2c(cc1O)OCO2. The topological polar surface area (TPSA) is 50.7 Å². The molecule has 1 aromatic carbocycles. The van der Waals surface area contributed by atoms with E-state index in [0.29, 0.717) is 12.3 Å². The van der Waals surface area contributed by atoms with E-state index < -0.39 is 0 Å². The summed E-state index contributed by atoms with van der Waals surface area (Å²) in [6.45, 7) is 4.13. The normalized spacial score (nSPS) is 12.8. The minimum Gasteiger partial charge on any atom is -0.507 e. The fourth-order valence-corrected chi connectivity index (χ4v) is 2.37. The molecule has 4 heteroatoms. The largest absolute Gasteiger partial charge is 0.507 e. The Morgan fingerprint density at radius 3 is 2.55 bits per heavy atom. The van der Waals surface area contributed by atoms with Crippen LogP contribution in [-0.2, 0) is 6.54 Å². The summed E-state index contributed by atoms with van der Waals surface area (Å²) in [6.07, 6.45) is 7.78. The zero-order valence-corrected chi connectivity index (χ0v) is 12.3. The van der Waals surface area contributed by atoms with Crippen LogP contribution in [0.15, 0.2) is 12.1 Å². The van der Waals surface area contributed by atoms with Crippen LogP contribution in [0, 0.1) is 0 Å². The Hall–Kier alpha value is -1.42. The number of benzene rings is 1. The van der Waals surface area contributed by atoms with Gasteiger partial charge in [0.25, 0.3) is 0 Å². The van der Waals surface area contributed by atoms with E-state index in [9.17, 15) is 5.11 Å². The average molecular weight is 279 g/mol. The van der Waals surface area contributed by atoms with Gasteiger partial charge in [0, 0.05) is 18.2 Å². The smallest absolute Gasteiger partial charge is 0.231 e. The second kappa shape index (κ2) is 8.00. The number of hydrogen-bond donors (Lipinski definition) is 2. The van der Waals surface area contributed by atoms with E-state index in [1.807, 2.05) is 6.07 Å². The summed E-state index contributed by atoms with van der Waals surface area (Å²) in [5.74, 6) is 1.62. The van der Waals surface area contributed by atoms with Crippen molar-refractivity contribution in [2.75, 3.05) is 13.3 Å². The third kappa shape index (κ3) is 4.30. The maximum atomic E-state index is 9.90. The fraction of sp³-hybridized carbons (Fsp3) is 0.625. The molecule has 1 aliphatic heterocycles. The molecule has 4 nitrogen and oxygen atoms in total. The van der Waals surface area contributed by atoms with E-state index in [1.54, 1.807) is 6.07 Å². The quantitative estimate of drug-likeness (QED) is 0.678. The van der Waals surface area contributed by atoms with Gasteiger partial charge in [0.05, 0.1) is 0 Å². The number of hydrogen-bond acceptors (Lipinski definition) is 4. The number of phenols is 1. The van der Waals surface area contributed by atoms with E-state index in [1.165, 1.54) is 38.5 Å². The Labute approximate surface area is 121 Å². The number of ether oxygens (including phenoxy) is 2.